The minimum Gasteiger partial charge on any atom is -0.305 e. The average molecular weight is 131 g/mol. The maximum Gasteiger partial charge on any atom is 0.0529 e. The van der Waals surface area contributed by atoms with Crippen LogP contribution >= 0.6 is 11.8 Å². The van der Waals surface area contributed by atoms with E-state index in [0.29, 0.717) is 0 Å². The predicted octanol–water partition coefficient (Wildman–Crippen LogP) is 1.45. The highest BCUT2D eigenvalue weighted by Gasteiger charge is 2.08. The van der Waals surface area contributed by atoms with Gasteiger partial charge < -0.3 is 5.32 Å². The second-order valence-corrected chi connectivity index (χ2v) is 3.21. The molecule has 0 amide bonds. The smallest absolute Gasteiger partial charge is 0.0529 e. The molecule has 0 saturated carbocycles. The molecule has 1 nitrogen and oxygen atoms in total. The number of nitrogens with one attached hydrogen (secondary N) is 1. The molecule has 1 rings (SSSR count). The monoisotopic (exact) mass is 131 g/mol. The molecule has 1 aliphatic rings. The van der Waals surface area contributed by atoms with Crippen molar-refractivity contribution in [3.63, 3.8) is 0 Å². The Hall–Kier alpha value is 0.310. The van der Waals surface area contributed by atoms with Crippen molar-refractivity contribution in [3.05, 3.63) is 0 Å². The summed E-state index contributed by atoms with van der Waals surface area (Å²) in [5.74, 6) is 0. The van der Waals surface area contributed by atoms with Crippen LogP contribution in [-0.2, 0) is 0 Å². The Balaban J connectivity index is 2.13. The molecule has 2 heteroatoms. The first kappa shape index (κ1) is 6.43. The molecule has 0 aromatic carbocycles. The lowest BCUT2D eigenvalue weighted by Gasteiger charge is -2.20. The van der Waals surface area contributed by atoms with Crippen molar-refractivity contribution in [2.75, 3.05) is 12.8 Å². The van der Waals surface area contributed by atoms with E-state index in [1.54, 1.807) is 0 Å². The van der Waals surface area contributed by atoms with Gasteiger partial charge in [0.1, 0.15) is 0 Å². The first-order valence-corrected chi connectivity index (χ1v) is 4.48. The quantitative estimate of drug-likeness (QED) is 0.578. The second-order valence-electron chi connectivity index (χ2n) is 2.17. The van der Waals surface area contributed by atoms with E-state index in [1.165, 1.54) is 25.8 Å². The van der Waals surface area contributed by atoms with E-state index in [0.717, 1.165) is 5.37 Å². The number of piperidine rings is 1. The molecule has 1 saturated heterocycles. The zero-order valence-corrected chi connectivity index (χ0v) is 6.13. The third-order valence-corrected chi connectivity index (χ3v) is 2.52. The summed E-state index contributed by atoms with van der Waals surface area (Å²) < 4.78 is 0. The van der Waals surface area contributed by atoms with E-state index in [1.807, 2.05) is 11.8 Å². The van der Waals surface area contributed by atoms with Crippen molar-refractivity contribution < 1.29 is 0 Å². The maximum atomic E-state index is 3.43. The van der Waals surface area contributed by atoms with Gasteiger partial charge in [0.05, 0.1) is 5.37 Å². The highest BCUT2D eigenvalue weighted by atomic mass is 32.2. The van der Waals surface area contributed by atoms with Gasteiger partial charge in [0.2, 0.25) is 0 Å². The third kappa shape index (κ3) is 1.67. The molecule has 1 atom stereocenters. The van der Waals surface area contributed by atoms with Crippen molar-refractivity contribution in [1.29, 1.82) is 0 Å². The molecule has 1 fully saturated rings. The number of rotatable bonds is 1. The van der Waals surface area contributed by atoms with Gasteiger partial charge in [-0.05, 0) is 32.1 Å². The van der Waals surface area contributed by atoms with Gasteiger partial charge in [-0.25, -0.2) is 0 Å². The van der Waals surface area contributed by atoms with Crippen LogP contribution in [0.2, 0.25) is 0 Å². The fraction of sp³-hybridized carbons (Fsp3) is 1.00. The van der Waals surface area contributed by atoms with Crippen molar-refractivity contribution >= 4 is 11.8 Å². The zero-order valence-electron chi connectivity index (χ0n) is 5.31. The van der Waals surface area contributed by atoms with E-state index in [9.17, 15) is 0 Å². The Morgan fingerprint density at radius 2 is 2.38 bits per heavy atom. The molecule has 0 aliphatic carbocycles. The van der Waals surface area contributed by atoms with Crippen LogP contribution in [0.15, 0.2) is 0 Å². The number of hydrogen-bond acceptors (Lipinski definition) is 2. The fourth-order valence-electron chi connectivity index (χ4n) is 1.02. The van der Waals surface area contributed by atoms with E-state index in [4.69, 9.17) is 0 Å². The summed E-state index contributed by atoms with van der Waals surface area (Å²) in [6, 6.07) is 0. The molecule has 1 unspecified atom stereocenters. The summed E-state index contributed by atoms with van der Waals surface area (Å²) in [6.07, 6.45) is 6.32. The maximum absolute atomic E-state index is 3.43. The van der Waals surface area contributed by atoms with Crippen molar-refractivity contribution in [1.82, 2.24) is 5.32 Å². The van der Waals surface area contributed by atoms with E-state index >= 15 is 0 Å². The van der Waals surface area contributed by atoms with Gasteiger partial charge in [0.25, 0.3) is 0 Å². The summed E-state index contributed by atoms with van der Waals surface area (Å²) in [6.45, 7) is 1.23. The van der Waals surface area contributed by atoms with Gasteiger partial charge in [-0.2, -0.15) is 0 Å². The molecule has 0 radical (unpaired) electrons. The summed E-state index contributed by atoms with van der Waals surface area (Å²) in [4.78, 5) is 0. The van der Waals surface area contributed by atoms with Crippen LogP contribution < -0.4 is 5.32 Å². The topological polar surface area (TPSA) is 12.0 Å². The van der Waals surface area contributed by atoms with Gasteiger partial charge in [-0.1, -0.05) is 0 Å². The van der Waals surface area contributed by atoms with E-state index < -0.39 is 0 Å². The van der Waals surface area contributed by atoms with Gasteiger partial charge in [0, 0.05) is 0 Å². The molecule has 1 N–H and O–H groups in total. The Labute approximate surface area is 55.2 Å². The average Bonchev–Trinajstić information content (AvgIpc) is 1.90. The van der Waals surface area contributed by atoms with Crippen molar-refractivity contribution in [3.8, 4) is 0 Å². The molecular weight excluding hydrogens is 118 g/mol. The summed E-state index contributed by atoms with van der Waals surface area (Å²) in [7, 11) is 0. The molecule has 0 aromatic rings. The van der Waals surface area contributed by atoms with Gasteiger partial charge in [-0.15, -0.1) is 11.8 Å². The first-order valence-electron chi connectivity index (χ1n) is 3.19. The van der Waals surface area contributed by atoms with Crippen LogP contribution in [-0.4, -0.2) is 18.2 Å². The largest absolute Gasteiger partial charge is 0.305 e. The Bertz CT molecular complexity index is 59.5. The van der Waals surface area contributed by atoms with Crippen LogP contribution in [0.25, 0.3) is 0 Å². The van der Waals surface area contributed by atoms with Crippen molar-refractivity contribution in [2.24, 2.45) is 0 Å². The van der Waals surface area contributed by atoms with Crippen LogP contribution in [0.5, 0.6) is 0 Å². The predicted molar refractivity (Wildman–Crippen MR) is 39.2 cm³/mol. The van der Waals surface area contributed by atoms with Crippen LogP contribution in [0.1, 0.15) is 19.3 Å². The minimum atomic E-state index is 0.753. The SMILES string of the molecule is CSC1CCCCN1. The van der Waals surface area contributed by atoms with Crippen LogP contribution in [0.4, 0.5) is 0 Å². The van der Waals surface area contributed by atoms with E-state index in [2.05, 4.69) is 11.6 Å². The summed E-state index contributed by atoms with van der Waals surface area (Å²) in [5.41, 5.74) is 0. The number of thioether (sulfide) groups is 1. The van der Waals surface area contributed by atoms with Gasteiger partial charge in [0.15, 0.2) is 0 Å². The second kappa shape index (κ2) is 3.36. The zero-order chi connectivity index (χ0) is 5.82. The summed E-state index contributed by atoms with van der Waals surface area (Å²) in [5, 5.41) is 4.19. The Morgan fingerprint density at radius 1 is 1.50 bits per heavy atom. The molecule has 0 aromatic heterocycles. The Kier molecular flexibility index (Phi) is 2.70. The molecule has 0 spiro atoms. The van der Waals surface area contributed by atoms with Crippen LogP contribution in [0.3, 0.4) is 0 Å². The standard InChI is InChI=1S/C6H13NS/c1-8-6-4-2-3-5-7-6/h6-7H,2-5H2,1H3. The molecule has 0 bridgehead atoms. The lowest BCUT2D eigenvalue weighted by molar-refractivity contribution is 0.492. The summed E-state index contributed by atoms with van der Waals surface area (Å²) >= 11 is 1.93. The van der Waals surface area contributed by atoms with Gasteiger partial charge in [-0.3, -0.25) is 0 Å². The lowest BCUT2D eigenvalue weighted by atomic mass is 10.2. The van der Waals surface area contributed by atoms with Crippen molar-refractivity contribution in [2.45, 2.75) is 24.6 Å². The third-order valence-electron chi connectivity index (χ3n) is 1.55. The highest BCUT2D eigenvalue weighted by molar-refractivity contribution is 7.99. The molecular formula is C6H13NS. The first-order chi connectivity index (χ1) is 3.93. The lowest BCUT2D eigenvalue weighted by Crippen LogP contribution is -2.30. The van der Waals surface area contributed by atoms with Crippen LogP contribution in [0, 0.1) is 0 Å². The Morgan fingerprint density at radius 3 is 2.75 bits per heavy atom. The molecule has 48 valence electrons. The van der Waals surface area contributed by atoms with E-state index in [-0.39, 0.29) is 0 Å². The minimum absolute atomic E-state index is 0.753. The molecule has 1 heterocycles. The molecule has 8 heavy (non-hydrogen) atoms. The van der Waals surface area contributed by atoms with Gasteiger partial charge >= 0.3 is 0 Å². The molecule has 1 aliphatic heterocycles. The highest BCUT2D eigenvalue weighted by Crippen LogP contribution is 2.14. The normalized spacial score (nSPS) is 30.4. The fourth-order valence-corrected chi connectivity index (χ4v) is 1.71. The number of hydrogen-bond donors (Lipinski definition) is 1.